The van der Waals surface area contributed by atoms with Crippen molar-refractivity contribution in [3.05, 3.63) is 113 Å². The fraction of sp³-hybridized carbons (Fsp3) is 0.400. The van der Waals surface area contributed by atoms with E-state index in [1.54, 1.807) is 0 Å². The molecule has 4 aromatic rings. The molecule has 0 aromatic heterocycles. The van der Waals surface area contributed by atoms with Crippen LogP contribution in [0.2, 0.25) is 0 Å². The topological polar surface area (TPSA) is 34.2 Å². The lowest BCUT2D eigenvalue weighted by atomic mass is 9.42. The van der Waals surface area contributed by atoms with Gasteiger partial charge in [0.2, 0.25) is 0 Å². The number of hydrogen-bond acceptors (Lipinski definition) is 5. The lowest BCUT2D eigenvalue weighted by molar-refractivity contribution is -0.0420. The average molecular weight is 599 g/mol. The van der Waals surface area contributed by atoms with E-state index in [9.17, 15) is 0 Å². The minimum Gasteiger partial charge on any atom is -0.478 e. The Bertz CT molecular complexity index is 1700. The van der Waals surface area contributed by atoms with Crippen LogP contribution in [-0.2, 0) is 18.5 Å². The molecule has 0 unspecified atom stereocenters. The van der Waals surface area contributed by atoms with Crippen molar-refractivity contribution < 1.29 is 14.2 Å². The molecule has 0 N–H and O–H groups in total. The highest BCUT2D eigenvalue weighted by Crippen LogP contribution is 2.65. The SMILES string of the molecule is Cc1ccc(Oc2ccc(N3COc4ccc(C5(c6ccc7c(c6)CN(C)CO7)C6CC7CC(C6)CC5C7)cc4C3)cc2)cc1. The summed E-state index contributed by atoms with van der Waals surface area (Å²) in [6, 6.07) is 31.0. The van der Waals surface area contributed by atoms with Crippen LogP contribution in [0.4, 0.5) is 5.69 Å². The maximum absolute atomic E-state index is 6.39. The molecule has 4 aromatic carbocycles. The Morgan fingerprint density at radius 3 is 1.82 bits per heavy atom. The maximum atomic E-state index is 6.39. The summed E-state index contributed by atoms with van der Waals surface area (Å²) in [5.74, 6) is 6.96. The molecule has 4 aliphatic carbocycles. The predicted octanol–water partition coefficient (Wildman–Crippen LogP) is 8.67. The Morgan fingerprint density at radius 1 is 0.644 bits per heavy atom. The molecule has 0 spiro atoms. The van der Waals surface area contributed by atoms with Crippen LogP contribution >= 0.6 is 0 Å². The molecule has 4 saturated carbocycles. The number of rotatable bonds is 5. The van der Waals surface area contributed by atoms with Gasteiger partial charge < -0.3 is 19.1 Å². The molecule has 230 valence electrons. The van der Waals surface area contributed by atoms with Crippen molar-refractivity contribution in [2.45, 2.75) is 57.5 Å². The second-order valence-corrected chi connectivity index (χ2v) is 14.5. The third kappa shape index (κ3) is 4.62. The standard InChI is InChI=1S/C40H42N2O3/c1-26-3-9-36(10-4-26)45-37-11-7-35(8-12-37)42-23-30-21-32(6-14-39(30)44-25-42)40(33-16-27-15-28(18-33)19-34(40)17-27)31-5-13-38-29(20-31)22-41(2)24-43-38/h3-14,20-21,27-28,33-34H,15-19,22-25H2,1-2H3. The number of anilines is 1. The minimum absolute atomic E-state index is 0.0464. The van der Waals surface area contributed by atoms with E-state index >= 15 is 0 Å². The van der Waals surface area contributed by atoms with Crippen molar-refractivity contribution in [3.8, 4) is 23.0 Å². The van der Waals surface area contributed by atoms with Gasteiger partial charge in [-0.15, -0.1) is 0 Å². The summed E-state index contributed by atoms with van der Waals surface area (Å²) >= 11 is 0. The van der Waals surface area contributed by atoms with Gasteiger partial charge in [-0.1, -0.05) is 29.8 Å². The highest BCUT2D eigenvalue weighted by molar-refractivity contribution is 5.55. The molecule has 0 saturated heterocycles. The van der Waals surface area contributed by atoms with Crippen LogP contribution in [0.25, 0.3) is 0 Å². The smallest absolute Gasteiger partial charge is 0.161 e. The molecule has 0 radical (unpaired) electrons. The molecule has 4 bridgehead atoms. The van der Waals surface area contributed by atoms with Crippen molar-refractivity contribution in [2.75, 3.05) is 25.4 Å². The second-order valence-electron chi connectivity index (χ2n) is 14.5. The van der Waals surface area contributed by atoms with Gasteiger partial charge in [-0.2, -0.15) is 0 Å². The van der Waals surface area contributed by atoms with Crippen molar-refractivity contribution in [3.63, 3.8) is 0 Å². The third-order valence-corrected chi connectivity index (χ3v) is 11.6. The van der Waals surface area contributed by atoms with Crippen molar-refractivity contribution in [1.82, 2.24) is 4.90 Å². The summed E-state index contributed by atoms with van der Waals surface area (Å²) in [5, 5.41) is 0. The van der Waals surface area contributed by atoms with Gasteiger partial charge in [0.05, 0.1) is 0 Å². The summed E-state index contributed by atoms with van der Waals surface area (Å²) < 4.78 is 18.6. The Kier molecular flexibility index (Phi) is 6.42. The molecule has 45 heavy (non-hydrogen) atoms. The molecule has 0 amide bonds. The Hall–Kier alpha value is -3.96. The highest BCUT2D eigenvalue weighted by atomic mass is 16.5. The van der Waals surface area contributed by atoms with Crippen LogP contribution in [0, 0.1) is 30.6 Å². The number of ether oxygens (including phenoxy) is 3. The molecule has 5 heteroatoms. The first-order valence-corrected chi connectivity index (χ1v) is 16.8. The Morgan fingerprint density at radius 2 is 1.20 bits per heavy atom. The quantitative estimate of drug-likeness (QED) is 0.230. The van der Waals surface area contributed by atoms with E-state index < -0.39 is 0 Å². The van der Waals surface area contributed by atoms with Gasteiger partial charge in [0.25, 0.3) is 0 Å². The van der Waals surface area contributed by atoms with E-state index in [0.717, 1.165) is 53.6 Å². The third-order valence-electron chi connectivity index (χ3n) is 11.6. The molecule has 2 aliphatic heterocycles. The normalized spacial score (nSPS) is 28.2. The van der Waals surface area contributed by atoms with Crippen LogP contribution in [0.1, 0.15) is 59.9 Å². The van der Waals surface area contributed by atoms with Gasteiger partial charge >= 0.3 is 0 Å². The summed E-state index contributed by atoms with van der Waals surface area (Å²) in [4.78, 5) is 4.60. The van der Waals surface area contributed by atoms with E-state index in [-0.39, 0.29) is 5.41 Å². The number of nitrogens with zero attached hydrogens (tertiary/aromatic N) is 2. The number of aryl methyl sites for hydroxylation is 1. The molecular formula is C40H42N2O3. The van der Waals surface area contributed by atoms with Crippen molar-refractivity contribution >= 4 is 5.69 Å². The monoisotopic (exact) mass is 598 g/mol. The van der Waals surface area contributed by atoms with Gasteiger partial charge in [0.1, 0.15) is 29.7 Å². The number of benzene rings is 4. The summed E-state index contributed by atoms with van der Waals surface area (Å²) in [7, 11) is 2.15. The zero-order valence-electron chi connectivity index (χ0n) is 26.4. The van der Waals surface area contributed by atoms with Crippen LogP contribution < -0.4 is 19.1 Å². The number of hydrogen-bond donors (Lipinski definition) is 0. The summed E-state index contributed by atoms with van der Waals surface area (Å²) in [5.41, 5.74) is 8.03. The average Bonchev–Trinajstić information content (AvgIpc) is 3.05. The van der Waals surface area contributed by atoms with E-state index in [1.807, 2.05) is 12.1 Å². The fourth-order valence-corrected chi connectivity index (χ4v) is 9.79. The van der Waals surface area contributed by atoms with Gasteiger partial charge in [0.15, 0.2) is 6.73 Å². The second kappa shape index (κ2) is 10.6. The minimum atomic E-state index is 0.0464. The lowest BCUT2D eigenvalue weighted by Crippen LogP contribution is -2.56. The largest absolute Gasteiger partial charge is 0.478 e. The molecule has 2 heterocycles. The van der Waals surface area contributed by atoms with E-state index in [4.69, 9.17) is 14.2 Å². The zero-order valence-corrected chi connectivity index (χ0v) is 26.4. The summed E-state index contributed by atoms with van der Waals surface area (Å²) in [6.45, 7) is 5.08. The van der Waals surface area contributed by atoms with Crippen molar-refractivity contribution in [2.24, 2.45) is 23.7 Å². The maximum Gasteiger partial charge on any atom is 0.161 e. The molecule has 4 fully saturated rings. The lowest BCUT2D eigenvalue weighted by Gasteiger charge is -2.62. The first-order valence-electron chi connectivity index (χ1n) is 16.8. The molecule has 0 atom stereocenters. The fourth-order valence-electron chi connectivity index (χ4n) is 9.79. The first-order chi connectivity index (χ1) is 22.0. The van der Waals surface area contributed by atoms with Gasteiger partial charge in [0, 0.05) is 35.3 Å². The van der Waals surface area contributed by atoms with Gasteiger partial charge in [-0.25, -0.2) is 0 Å². The van der Waals surface area contributed by atoms with Gasteiger partial charge in [-0.05, 0) is 142 Å². The summed E-state index contributed by atoms with van der Waals surface area (Å²) in [6.07, 6.45) is 6.89. The predicted molar refractivity (Wildman–Crippen MR) is 177 cm³/mol. The van der Waals surface area contributed by atoms with Crippen LogP contribution in [0.5, 0.6) is 23.0 Å². The Balaban J connectivity index is 1.04. The first kappa shape index (κ1) is 27.4. The molecule has 5 nitrogen and oxygen atoms in total. The molecule has 10 rings (SSSR count). The number of fused-ring (bicyclic) bond motifs is 2. The van der Waals surface area contributed by atoms with E-state index in [0.29, 0.717) is 25.3 Å². The molecular weight excluding hydrogens is 556 g/mol. The van der Waals surface area contributed by atoms with E-state index in [2.05, 4.69) is 96.6 Å². The van der Waals surface area contributed by atoms with Crippen LogP contribution in [0.15, 0.2) is 84.9 Å². The van der Waals surface area contributed by atoms with E-state index in [1.165, 1.54) is 59.9 Å². The zero-order chi connectivity index (χ0) is 30.1. The molecule has 6 aliphatic rings. The van der Waals surface area contributed by atoms with Crippen LogP contribution in [-0.4, -0.2) is 25.4 Å². The Labute approximate surface area is 266 Å². The van der Waals surface area contributed by atoms with Crippen LogP contribution in [0.3, 0.4) is 0 Å². The van der Waals surface area contributed by atoms with Crippen molar-refractivity contribution in [1.29, 1.82) is 0 Å². The van der Waals surface area contributed by atoms with Gasteiger partial charge in [-0.3, -0.25) is 4.90 Å². The highest BCUT2D eigenvalue weighted by Gasteiger charge is 2.58.